The third-order valence-electron chi connectivity index (χ3n) is 2.21. The summed E-state index contributed by atoms with van der Waals surface area (Å²) in [5.41, 5.74) is 1.65. The highest BCUT2D eigenvalue weighted by atomic mass is 79.9. The minimum Gasteiger partial charge on any atom is -0.289 e. The molecule has 0 radical (unpaired) electrons. The summed E-state index contributed by atoms with van der Waals surface area (Å²) in [6.45, 7) is 1.76. The number of carbonyl (C=O) groups excluding carboxylic acids is 1. The van der Waals surface area contributed by atoms with Crippen molar-refractivity contribution in [3.05, 3.63) is 54.3 Å². The molecule has 1 nitrogen and oxygen atoms in total. The maximum absolute atomic E-state index is 13.2. The normalized spacial score (nSPS) is 10.6. The number of rotatable bonds is 2. The predicted molar refractivity (Wildman–Crippen MR) is 74.3 cm³/mol. The molecule has 0 saturated carbocycles. The standard InChI is InChI=1S/C12H7Br2FOS/c1-6-2-7(4-8(15)3-6)11(16)9-5-10(13)17-12(9)14/h2-5H,1H3. The lowest BCUT2D eigenvalue weighted by Crippen LogP contribution is -2.01. The van der Waals surface area contributed by atoms with Crippen LogP contribution in [0.1, 0.15) is 21.5 Å². The van der Waals surface area contributed by atoms with Crippen LogP contribution in [0.5, 0.6) is 0 Å². The van der Waals surface area contributed by atoms with Crippen molar-refractivity contribution in [3.63, 3.8) is 0 Å². The number of hydrogen-bond acceptors (Lipinski definition) is 2. The van der Waals surface area contributed by atoms with Crippen molar-refractivity contribution < 1.29 is 9.18 Å². The second kappa shape index (κ2) is 5.00. The van der Waals surface area contributed by atoms with E-state index in [2.05, 4.69) is 31.9 Å². The minimum atomic E-state index is -0.390. The van der Waals surface area contributed by atoms with Gasteiger partial charge in [-0.05, 0) is 68.6 Å². The Bertz CT molecular complexity index is 572. The zero-order chi connectivity index (χ0) is 12.6. The van der Waals surface area contributed by atoms with Crippen molar-refractivity contribution in [2.24, 2.45) is 0 Å². The third kappa shape index (κ3) is 2.84. The van der Waals surface area contributed by atoms with E-state index < -0.39 is 5.82 Å². The van der Waals surface area contributed by atoms with E-state index in [1.54, 1.807) is 19.1 Å². The highest BCUT2D eigenvalue weighted by Gasteiger charge is 2.16. The molecule has 0 aliphatic carbocycles. The van der Waals surface area contributed by atoms with Gasteiger partial charge in [0.25, 0.3) is 0 Å². The summed E-state index contributed by atoms with van der Waals surface area (Å²) >= 11 is 8.06. The molecule has 0 saturated heterocycles. The molecule has 0 unspecified atom stereocenters. The maximum atomic E-state index is 13.2. The quantitative estimate of drug-likeness (QED) is 0.676. The minimum absolute atomic E-state index is 0.179. The molecule has 0 bridgehead atoms. The number of halogens is 3. The van der Waals surface area contributed by atoms with E-state index in [9.17, 15) is 9.18 Å². The van der Waals surface area contributed by atoms with E-state index in [1.807, 2.05) is 0 Å². The molecule has 5 heteroatoms. The largest absolute Gasteiger partial charge is 0.289 e. The van der Waals surface area contributed by atoms with Gasteiger partial charge in [-0.3, -0.25) is 4.79 Å². The van der Waals surface area contributed by atoms with Crippen LogP contribution in [-0.4, -0.2) is 5.78 Å². The molecule has 0 spiro atoms. The number of ketones is 1. The Labute approximate surface area is 119 Å². The molecular weight excluding hydrogens is 371 g/mol. The van der Waals surface area contributed by atoms with Crippen LogP contribution in [-0.2, 0) is 0 Å². The summed E-state index contributed by atoms with van der Waals surface area (Å²) in [6, 6.07) is 6.07. The molecule has 17 heavy (non-hydrogen) atoms. The third-order valence-corrected chi connectivity index (χ3v) is 4.54. The lowest BCUT2D eigenvalue weighted by Gasteiger charge is -2.01. The number of thiophene rings is 1. The van der Waals surface area contributed by atoms with E-state index in [0.29, 0.717) is 11.1 Å². The van der Waals surface area contributed by atoms with Crippen LogP contribution in [0.4, 0.5) is 4.39 Å². The summed E-state index contributed by atoms with van der Waals surface area (Å²) in [5.74, 6) is -0.569. The summed E-state index contributed by atoms with van der Waals surface area (Å²) in [6.07, 6.45) is 0. The first-order valence-electron chi connectivity index (χ1n) is 4.74. The number of hydrogen-bond donors (Lipinski definition) is 0. The monoisotopic (exact) mass is 376 g/mol. The highest BCUT2D eigenvalue weighted by Crippen LogP contribution is 2.33. The SMILES string of the molecule is Cc1cc(F)cc(C(=O)c2cc(Br)sc2Br)c1. The Hall–Kier alpha value is -0.520. The second-order valence-corrected chi connectivity index (χ2v) is 7.33. The van der Waals surface area contributed by atoms with Crippen LogP contribution in [0, 0.1) is 12.7 Å². The Kier molecular flexibility index (Phi) is 3.80. The maximum Gasteiger partial charge on any atom is 0.195 e. The summed E-state index contributed by atoms with van der Waals surface area (Å²) < 4.78 is 14.8. The summed E-state index contributed by atoms with van der Waals surface area (Å²) in [7, 11) is 0. The van der Waals surface area contributed by atoms with Crippen LogP contribution < -0.4 is 0 Å². The number of carbonyl (C=O) groups is 1. The van der Waals surface area contributed by atoms with Crippen LogP contribution >= 0.6 is 43.2 Å². The van der Waals surface area contributed by atoms with Gasteiger partial charge in [0.1, 0.15) is 5.82 Å². The van der Waals surface area contributed by atoms with Gasteiger partial charge in [0, 0.05) is 11.1 Å². The molecular formula is C12H7Br2FOS. The van der Waals surface area contributed by atoms with Gasteiger partial charge in [0.2, 0.25) is 0 Å². The molecule has 2 rings (SSSR count). The van der Waals surface area contributed by atoms with E-state index >= 15 is 0 Å². The van der Waals surface area contributed by atoms with Crippen molar-refractivity contribution in [2.75, 3.05) is 0 Å². The van der Waals surface area contributed by atoms with Crippen molar-refractivity contribution in [3.8, 4) is 0 Å². The molecule has 0 fully saturated rings. The fraction of sp³-hybridized carbons (Fsp3) is 0.0833. The molecule has 2 aromatic rings. The average molecular weight is 378 g/mol. The lowest BCUT2D eigenvalue weighted by molar-refractivity contribution is 0.103. The smallest absolute Gasteiger partial charge is 0.195 e. The van der Waals surface area contributed by atoms with Gasteiger partial charge in [-0.1, -0.05) is 0 Å². The van der Waals surface area contributed by atoms with Gasteiger partial charge in [0.15, 0.2) is 5.78 Å². The molecule has 88 valence electrons. The number of benzene rings is 1. The van der Waals surface area contributed by atoms with Gasteiger partial charge in [-0.15, -0.1) is 11.3 Å². The fourth-order valence-electron chi connectivity index (χ4n) is 1.52. The van der Waals surface area contributed by atoms with Crippen LogP contribution in [0.15, 0.2) is 31.8 Å². The lowest BCUT2D eigenvalue weighted by atomic mass is 10.0. The van der Waals surface area contributed by atoms with Crippen molar-refractivity contribution in [1.29, 1.82) is 0 Å². The van der Waals surface area contributed by atoms with E-state index in [0.717, 1.165) is 13.1 Å². The molecule has 1 heterocycles. The van der Waals surface area contributed by atoms with Gasteiger partial charge >= 0.3 is 0 Å². The van der Waals surface area contributed by atoms with Crippen molar-refractivity contribution in [2.45, 2.75) is 6.92 Å². The summed E-state index contributed by atoms with van der Waals surface area (Å²) in [5, 5.41) is 0. The van der Waals surface area contributed by atoms with Gasteiger partial charge in [0.05, 0.1) is 7.57 Å². The topological polar surface area (TPSA) is 17.1 Å². The number of aryl methyl sites for hydroxylation is 1. The van der Waals surface area contributed by atoms with E-state index in [-0.39, 0.29) is 5.78 Å². The van der Waals surface area contributed by atoms with E-state index in [1.165, 1.54) is 23.5 Å². The Morgan fingerprint density at radius 2 is 1.94 bits per heavy atom. The summed E-state index contributed by atoms with van der Waals surface area (Å²) in [4.78, 5) is 12.2. The molecule has 0 amide bonds. The Morgan fingerprint density at radius 3 is 2.47 bits per heavy atom. The first-order valence-corrected chi connectivity index (χ1v) is 7.14. The molecule has 0 N–H and O–H groups in total. The Morgan fingerprint density at radius 1 is 1.24 bits per heavy atom. The van der Waals surface area contributed by atoms with Gasteiger partial charge in [-0.25, -0.2) is 4.39 Å². The van der Waals surface area contributed by atoms with Crippen LogP contribution in [0.2, 0.25) is 0 Å². The molecule has 1 aromatic carbocycles. The molecule has 1 aromatic heterocycles. The second-order valence-electron chi connectivity index (χ2n) is 3.58. The van der Waals surface area contributed by atoms with Crippen LogP contribution in [0.3, 0.4) is 0 Å². The van der Waals surface area contributed by atoms with E-state index in [4.69, 9.17) is 0 Å². The average Bonchev–Trinajstić information content (AvgIpc) is 2.55. The zero-order valence-electron chi connectivity index (χ0n) is 8.76. The fourth-order valence-corrected chi connectivity index (χ4v) is 4.31. The zero-order valence-corrected chi connectivity index (χ0v) is 12.7. The van der Waals surface area contributed by atoms with Crippen LogP contribution in [0.25, 0.3) is 0 Å². The van der Waals surface area contributed by atoms with Crippen molar-refractivity contribution in [1.82, 2.24) is 0 Å². The highest BCUT2D eigenvalue weighted by molar-refractivity contribution is 9.12. The molecule has 0 aliphatic rings. The first-order chi connectivity index (χ1) is 7.97. The van der Waals surface area contributed by atoms with Gasteiger partial charge < -0.3 is 0 Å². The molecule has 0 aliphatic heterocycles. The first kappa shape index (κ1) is 12.9. The van der Waals surface area contributed by atoms with Crippen molar-refractivity contribution >= 4 is 49.0 Å². The Balaban J connectivity index is 2.47. The van der Waals surface area contributed by atoms with Gasteiger partial charge in [-0.2, -0.15) is 0 Å². The predicted octanol–water partition coefficient (Wildman–Crippen LogP) is 4.95. The molecule has 0 atom stereocenters.